The zero-order valence-electron chi connectivity index (χ0n) is 7.16. The first-order valence-corrected chi connectivity index (χ1v) is 5.30. The van der Waals surface area contributed by atoms with Gasteiger partial charge in [-0.3, -0.25) is 4.79 Å². The molecule has 1 aromatic heterocycles. The van der Waals surface area contributed by atoms with Gasteiger partial charge < -0.3 is 5.11 Å². The van der Waals surface area contributed by atoms with E-state index in [-0.39, 0.29) is 6.42 Å². The summed E-state index contributed by atoms with van der Waals surface area (Å²) in [6, 6.07) is 5.56. The van der Waals surface area contributed by atoms with Gasteiger partial charge in [0.15, 0.2) is 0 Å². The topological polar surface area (TPSA) is 37.3 Å². The second-order valence-electron chi connectivity index (χ2n) is 2.95. The van der Waals surface area contributed by atoms with Gasteiger partial charge >= 0.3 is 5.97 Å². The van der Waals surface area contributed by atoms with E-state index in [1.165, 1.54) is 11.3 Å². The summed E-state index contributed by atoms with van der Waals surface area (Å²) in [5, 5.41) is 12.2. The third kappa shape index (κ3) is 1.61. The van der Waals surface area contributed by atoms with Crippen LogP contribution in [0.25, 0.3) is 10.1 Å². The van der Waals surface area contributed by atoms with Gasteiger partial charge in [-0.25, -0.2) is 0 Å². The fourth-order valence-corrected chi connectivity index (χ4v) is 2.68. The molecule has 1 N–H and O–H groups in total. The number of rotatable bonds is 2. The lowest BCUT2D eigenvalue weighted by Gasteiger charge is -1.98. The number of hydrogen-bond donors (Lipinski definition) is 1. The van der Waals surface area contributed by atoms with E-state index in [1.54, 1.807) is 0 Å². The number of hydrogen-bond acceptors (Lipinski definition) is 2. The lowest BCUT2D eigenvalue weighted by atomic mass is 10.1. The van der Waals surface area contributed by atoms with Gasteiger partial charge in [0.25, 0.3) is 0 Å². The minimum atomic E-state index is -0.818. The van der Waals surface area contributed by atoms with Crippen molar-refractivity contribution in [3.05, 3.63) is 34.2 Å². The zero-order valence-corrected chi connectivity index (χ0v) is 8.73. The summed E-state index contributed by atoms with van der Waals surface area (Å²) in [6.45, 7) is 0. The SMILES string of the molecule is O=C(O)Cc1cccc2c(Cl)csc12. The zero-order chi connectivity index (χ0) is 10.1. The third-order valence-corrected chi connectivity index (χ3v) is 3.49. The number of carboxylic acids is 1. The molecule has 2 rings (SSSR count). The van der Waals surface area contributed by atoms with Crippen molar-refractivity contribution in [3.8, 4) is 0 Å². The van der Waals surface area contributed by atoms with Crippen LogP contribution in [0.3, 0.4) is 0 Å². The molecule has 0 spiro atoms. The molecule has 0 fully saturated rings. The third-order valence-electron chi connectivity index (χ3n) is 1.98. The number of halogens is 1. The first-order valence-electron chi connectivity index (χ1n) is 4.05. The molecule has 0 unspecified atom stereocenters. The van der Waals surface area contributed by atoms with Crippen LogP contribution in [-0.4, -0.2) is 11.1 Å². The lowest BCUT2D eigenvalue weighted by Crippen LogP contribution is -1.99. The minimum Gasteiger partial charge on any atom is -0.481 e. The van der Waals surface area contributed by atoms with Crippen molar-refractivity contribution in [2.24, 2.45) is 0 Å². The van der Waals surface area contributed by atoms with Crippen LogP contribution in [-0.2, 0) is 11.2 Å². The maximum absolute atomic E-state index is 10.6. The molecule has 2 aromatic rings. The molecule has 0 aliphatic rings. The van der Waals surface area contributed by atoms with Crippen LogP contribution >= 0.6 is 22.9 Å². The smallest absolute Gasteiger partial charge is 0.307 e. The number of carbonyl (C=O) groups is 1. The first kappa shape index (κ1) is 9.49. The van der Waals surface area contributed by atoms with Crippen LogP contribution in [0.1, 0.15) is 5.56 Å². The molecule has 0 aliphatic carbocycles. The van der Waals surface area contributed by atoms with E-state index < -0.39 is 5.97 Å². The van der Waals surface area contributed by atoms with Crippen molar-refractivity contribution >= 4 is 39.0 Å². The van der Waals surface area contributed by atoms with Crippen LogP contribution in [0.5, 0.6) is 0 Å². The Labute approximate surface area is 89.7 Å². The van der Waals surface area contributed by atoms with Crippen LogP contribution < -0.4 is 0 Å². The Morgan fingerprint density at radius 1 is 1.50 bits per heavy atom. The second-order valence-corrected chi connectivity index (χ2v) is 4.23. The fourth-order valence-electron chi connectivity index (χ4n) is 1.39. The summed E-state index contributed by atoms with van der Waals surface area (Å²) in [5.41, 5.74) is 0.826. The molecular weight excluding hydrogens is 220 g/mol. The summed E-state index contributed by atoms with van der Waals surface area (Å²) < 4.78 is 0.972. The largest absolute Gasteiger partial charge is 0.481 e. The van der Waals surface area contributed by atoms with Crippen LogP contribution in [0, 0.1) is 0 Å². The predicted molar refractivity (Wildman–Crippen MR) is 58.2 cm³/mol. The Balaban J connectivity index is 2.59. The van der Waals surface area contributed by atoms with Crippen LogP contribution in [0.4, 0.5) is 0 Å². The highest BCUT2D eigenvalue weighted by Crippen LogP contribution is 2.32. The lowest BCUT2D eigenvalue weighted by molar-refractivity contribution is -0.136. The van der Waals surface area contributed by atoms with Crippen LogP contribution in [0.2, 0.25) is 5.02 Å². The van der Waals surface area contributed by atoms with Gasteiger partial charge in [-0.05, 0) is 5.56 Å². The highest BCUT2D eigenvalue weighted by Gasteiger charge is 2.08. The first-order chi connectivity index (χ1) is 6.68. The Morgan fingerprint density at radius 2 is 2.29 bits per heavy atom. The van der Waals surface area contributed by atoms with E-state index >= 15 is 0 Å². The van der Waals surface area contributed by atoms with Crippen molar-refractivity contribution in [1.82, 2.24) is 0 Å². The van der Waals surface area contributed by atoms with Gasteiger partial charge in [-0.1, -0.05) is 29.8 Å². The maximum atomic E-state index is 10.6. The highest BCUT2D eigenvalue weighted by molar-refractivity contribution is 7.18. The number of carboxylic acid groups (broad SMARTS) is 1. The van der Waals surface area contributed by atoms with Crippen molar-refractivity contribution < 1.29 is 9.90 Å². The molecule has 4 heteroatoms. The molecule has 2 nitrogen and oxygen atoms in total. The summed E-state index contributed by atoms with van der Waals surface area (Å²) in [7, 11) is 0. The van der Waals surface area contributed by atoms with E-state index in [2.05, 4.69) is 0 Å². The quantitative estimate of drug-likeness (QED) is 0.854. The molecule has 1 aromatic carbocycles. The van der Waals surface area contributed by atoms with Crippen molar-refractivity contribution in [1.29, 1.82) is 0 Å². The minimum absolute atomic E-state index is 0.0498. The van der Waals surface area contributed by atoms with E-state index in [0.717, 1.165) is 15.6 Å². The van der Waals surface area contributed by atoms with Crippen molar-refractivity contribution in [3.63, 3.8) is 0 Å². The Kier molecular flexibility index (Phi) is 2.44. The van der Waals surface area contributed by atoms with Gasteiger partial charge in [0, 0.05) is 15.5 Å². The predicted octanol–water partition coefficient (Wildman–Crippen LogP) is 3.18. The Morgan fingerprint density at radius 3 is 3.00 bits per heavy atom. The maximum Gasteiger partial charge on any atom is 0.307 e. The van der Waals surface area contributed by atoms with E-state index in [4.69, 9.17) is 16.7 Å². The molecular formula is C10H7ClO2S. The number of fused-ring (bicyclic) bond motifs is 1. The molecule has 0 saturated carbocycles. The molecule has 0 aliphatic heterocycles. The average molecular weight is 227 g/mol. The summed E-state index contributed by atoms with van der Waals surface area (Å²) in [6.07, 6.45) is 0.0498. The van der Waals surface area contributed by atoms with E-state index in [1.807, 2.05) is 23.6 Å². The molecule has 1 heterocycles. The van der Waals surface area contributed by atoms with E-state index in [0.29, 0.717) is 5.02 Å². The van der Waals surface area contributed by atoms with Gasteiger partial charge in [0.1, 0.15) is 0 Å². The van der Waals surface area contributed by atoms with Gasteiger partial charge in [-0.2, -0.15) is 0 Å². The molecule has 0 amide bonds. The summed E-state index contributed by atoms with van der Waals surface area (Å²) in [5.74, 6) is -0.818. The Hall–Kier alpha value is -1.06. The summed E-state index contributed by atoms with van der Waals surface area (Å²) >= 11 is 7.43. The molecule has 14 heavy (non-hydrogen) atoms. The molecule has 0 bridgehead atoms. The molecule has 0 radical (unpaired) electrons. The molecule has 72 valence electrons. The van der Waals surface area contributed by atoms with Gasteiger partial charge in [-0.15, -0.1) is 11.3 Å². The molecule has 0 atom stereocenters. The van der Waals surface area contributed by atoms with Gasteiger partial charge in [0.2, 0.25) is 0 Å². The monoisotopic (exact) mass is 226 g/mol. The highest BCUT2D eigenvalue weighted by atomic mass is 35.5. The standard InChI is InChI=1S/C10H7ClO2S/c11-8-5-14-10-6(4-9(12)13)2-1-3-7(8)10/h1-3,5H,4H2,(H,12,13). The fraction of sp³-hybridized carbons (Fsp3) is 0.100. The number of thiophene rings is 1. The van der Waals surface area contributed by atoms with E-state index in [9.17, 15) is 4.79 Å². The average Bonchev–Trinajstić information content (AvgIpc) is 2.49. The normalized spacial score (nSPS) is 10.6. The second kappa shape index (κ2) is 3.59. The Bertz CT molecular complexity index is 490. The van der Waals surface area contributed by atoms with Gasteiger partial charge in [0.05, 0.1) is 11.4 Å². The number of benzene rings is 1. The molecule has 0 saturated heterocycles. The number of aliphatic carboxylic acids is 1. The van der Waals surface area contributed by atoms with Crippen LogP contribution in [0.15, 0.2) is 23.6 Å². The van der Waals surface area contributed by atoms with Crippen molar-refractivity contribution in [2.75, 3.05) is 0 Å². The summed E-state index contributed by atoms with van der Waals surface area (Å²) in [4.78, 5) is 10.6. The van der Waals surface area contributed by atoms with Crippen molar-refractivity contribution in [2.45, 2.75) is 6.42 Å².